The van der Waals surface area contributed by atoms with Gasteiger partial charge in [0.2, 0.25) is 5.71 Å². The van der Waals surface area contributed by atoms with Gasteiger partial charge in [0.05, 0.1) is 16.9 Å². The average molecular weight is 420 g/mol. The summed E-state index contributed by atoms with van der Waals surface area (Å²) >= 11 is 0. The Bertz CT molecular complexity index is 1280. The van der Waals surface area contributed by atoms with Gasteiger partial charge in [0.15, 0.2) is 5.76 Å². The highest BCUT2D eigenvalue weighted by atomic mass is 16.6. The van der Waals surface area contributed by atoms with Gasteiger partial charge >= 0.3 is 5.97 Å². The summed E-state index contributed by atoms with van der Waals surface area (Å²) in [6.45, 7) is 1.81. The van der Waals surface area contributed by atoms with Crippen molar-refractivity contribution in [1.82, 2.24) is 9.97 Å². The number of hydrogen-bond acceptors (Lipinski definition) is 9. The third-order valence-corrected chi connectivity index (χ3v) is 4.42. The van der Waals surface area contributed by atoms with E-state index in [1.807, 2.05) is 0 Å². The first-order valence-corrected chi connectivity index (χ1v) is 9.23. The number of carbonyl (C=O) groups is 1. The third kappa shape index (κ3) is 3.86. The summed E-state index contributed by atoms with van der Waals surface area (Å²) in [4.78, 5) is 31.6. The second-order valence-corrected chi connectivity index (χ2v) is 6.41. The number of benzene rings is 2. The lowest BCUT2D eigenvalue weighted by atomic mass is 10.1. The van der Waals surface area contributed by atoms with Crippen LogP contribution in [0.25, 0.3) is 22.4 Å². The first-order valence-electron chi connectivity index (χ1n) is 9.23. The van der Waals surface area contributed by atoms with E-state index in [9.17, 15) is 20.0 Å². The number of phenolic OH excluding ortho intramolecular Hbond substituents is 1. The molecule has 0 atom stereocenters. The van der Waals surface area contributed by atoms with Crippen LogP contribution in [0.4, 0.5) is 17.2 Å². The van der Waals surface area contributed by atoms with Gasteiger partial charge in [-0.3, -0.25) is 10.1 Å². The molecule has 0 saturated heterocycles. The van der Waals surface area contributed by atoms with Gasteiger partial charge in [-0.25, -0.2) is 14.8 Å². The number of hydrogen-bond donors (Lipinski definition) is 2. The highest BCUT2D eigenvalue weighted by molar-refractivity contribution is 6.11. The molecule has 4 rings (SSSR count). The Balaban J connectivity index is 1.89. The van der Waals surface area contributed by atoms with E-state index in [1.54, 1.807) is 19.1 Å². The van der Waals surface area contributed by atoms with E-state index in [0.717, 1.165) is 0 Å². The summed E-state index contributed by atoms with van der Waals surface area (Å²) in [5, 5.41) is 24.0. The van der Waals surface area contributed by atoms with Gasteiger partial charge in [0.1, 0.15) is 23.5 Å². The lowest BCUT2D eigenvalue weighted by Gasteiger charge is -2.08. The number of anilines is 2. The number of nitro groups is 1. The number of ether oxygens (including phenoxy) is 1. The average Bonchev–Trinajstić information content (AvgIpc) is 3.15. The second kappa shape index (κ2) is 8.11. The van der Waals surface area contributed by atoms with Crippen LogP contribution in [0, 0.1) is 10.1 Å². The predicted molar refractivity (Wildman–Crippen MR) is 111 cm³/mol. The summed E-state index contributed by atoms with van der Waals surface area (Å²) in [5.41, 5.74) is 1.11. The Morgan fingerprint density at radius 3 is 2.68 bits per heavy atom. The predicted octanol–water partition coefficient (Wildman–Crippen LogP) is 4.42. The molecule has 10 nitrogen and oxygen atoms in total. The number of fused-ring (bicyclic) bond motifs is 1. The molecule has 0 fully saturated rings. The van der Waals surface area contributed by atoms with E-state index >= 15 is 0 Å². The molecule has 4 aromatic rings. The van der Waals surface area contributed by atoms with Crippen LogP contribution in [0.3, 0.4) is 0 Å². The molecule has 2 heterocycles. The number of rotatable bonds is 6. The minimum atomic E-state index is -0.650. The van der Waals surface area contributed by atoms with Crippen molar-refractivity contribution in [2.45, 2.75) is 6.92 Å². The highest BCUT2D eigenvalue weighted by Crippen LogP contribution is 2.37. The minimum Gasteiger partial charge on any atom is -0.508 e. The lowest BCUT2D eigenvalue weighted by Crippen LogP contribution is -2.07. The summed E-state index contributed by atoms with van der Waals surface area (Å²) in [7, 11) is 0. The van der Waals surface area contributed by atoms with Crippen LogP contribution in [0.2, 0.25) is 0 Å². The van der Waals surface area contributed by atoms with Crippen LogP contribution in [0.5, 0.6) is 5.75 Å². The van der Waals surface area contributed by atoms with Crippen molar-refractivity contribution in [1.29, 1.82) is 0 Å². The number of nitrogens with zero attached hydrogens (tertiary/aromatic N) is 3. The second-order valence-electron chi connectivity index (χ2n) is 6.41. The lowest BCUT2D eigenvalue weighted by molar-refractivity contribution is -0.384. The normalized spacial score (nSPS) is 10.7. The highest BCUT2D eigenvalue weighted by Gasteiger charge is 2.27. The molecule has 2 aromatic carbocycles. The number of phenols is 1. The largest absolute Gasteiger partial charge is 0.508 e. The maximum absolute atomic E-state index is 12.8. The molecule has 0 aliphatic heterocycles. The Morgan fingerprint density at radius 1 is 1.23 bits per heavy atom. The molecule has 0 unspecified atom stereocenters. The monoisotopic (exact) mass is 420 g/mol. The number of aromatic hydroxyl groups is 1. The van der Waals surface area contributed by atoms with E-state index in [-0.39, 0.29) is 46.3 Å². The van der Waals surface area contributed by atoms with Gasteiger partial charge in [-0.05, 0) is 31.2 Å². The van der Waals surface area contributed by atoms with Gasteiger partial charge < -0.3 is 19.6 Å². The molecule has 0 radical (unpaired) electrons. The van der Waals surface area contributed by atoms with Crippen molar-refractivity contribution in [2.75, 3.05) is 11.9 Å². The first-order chi connectivity index (χ1) is 15.0. The van der Waals surface area contributed by atoms with Crippen LogP contribution in [0.1, 0.15) is 17.3 Å². The molecule has 2 N–H and O–H groups in total. The summed E-state index contributed by atoms with van der Waals surface area (Å²) in [6, 6.07) is 12.0. The van der Waals surface area contributed by atoms with Gasteiger partial charge in [0, 0.05) is 29.4 Å². The summed E-state index contributed by atoms with van der Waals surface area (Å²) in [5.74, 6) is -0.165. The fourth-order valence-corrected chi connectivity index (χ4v) is 3.08. The molecule has 156 valence electrons. The number of carbonyl (C=O) groups excluding carboxylic acids is 1. The van der Waals surface area contributed by atoms with Crippen molar-refractivity contribution < 1.29 is 24.0 Å². The quantitative estimate of drug-likeness (QED) is 0.263. The molecule has 0 amide bonds. The Labute approximate surface area is 175 Å². The van der Waals surface area contributed by atoms with E-state index in [4.69, 9.17) is 9.15 Å². The first kappa shape index (κ1) is 19.8. The molecule has 0 aliphatic carbocycles. The smallest absolute Gasteiger partial charge is 0.342 e. The van der Waals surface area contributed by atoms with Crippen LogP contribution in [-0.2, 0) is 4.74 Å². The molecular formula is C21H16N4O6. The molecule has 0 aliphatic rings. The molecule has 31 heavy (non-hydrogen) atoms. The van der Waals surface area contributed by atoms with E-state index in [1.165, 1.54) is 42.7 Å². The van der Waals surface area contributed by atoms with E-state index in [2.05, 4.69) is 15.3 Å². The van der Waals surface area contributed by atoms with Crippen LogP contribution in [-0.4, -0.2) is 32.6 Å². The SMILES string of the molecule is CCOC(=O)c1c(-c2ccc([N+](=O)[O-])cc2)oc2ncnc(Nc3cccc(O)c3)c12. The zero-order valence-electron chi connectivity index (χ0n) is 16.2. The van der Waals surface area contributed by atoms with Crippen molar-refractivity contribution in [3.8, 4) is 17.1 Å². The maximum Gasteiger partial charge on any atom is 0.342 e. The summed E-state index contributed by atoms with van der Waals surface area (Å²) < 4.78 is 11.1. The molecule has 0 spiro atoms. The van der Waals surface area contributed by atoms with Crippen molar-refractivity contribution in [3.05, 3.63) is 70.5 Å². The van der Waals surface area contributed by atoms with Crippen molar-refractivity contribution >= 4 is 34.3 Å². The number of aromatic nitrogens is 2. The Morgan fingerprint density at radius 2 is 2.00 bits per heavy atom. The van der Waals surface area contributed by atoms with Crippen LogP contribution < -0.4 is 5.32 Å². The van der Waals surface area contributed by atoms with Crippen molar-refractivity contribution in [3.63, 3.8) is 0 Å². The third-order valence-electron chi connectivity index (χ3n) is 4.42. The standard InChI is InChI=1S/C21H16N4O6/c1-2-30-21(27)16-17-19(24-13-4-3-5-15(26)10-13)22-11-23-20(17)31-18(16)12-6-8-14(9-7-12)25(28)29/h3-11,26H,2H2,1H3,(H,22,23,24). The number of furan rings is 1. The molecule has 0 bridgehead atoms. The molecule has 2 aromatic heterocycles. The van der Waals surface area contributed by atoms with E-state index in [0.29, 0.717) is 11.3 Å². The Kier molecular flexibility index (Phi) is 5.19. The van der Waals surface area contributed by atoms with Gasteiger partial charge in [-0.1, -0.05) is 6.07 Å². The van der Waals surface area contributed by atoms with Crippen LogP contribution in [0.15, 0.2) is 59.3 Å². The maximum atomic E-state index is 12.8. The Hall–Kier alpha value is -4.47. The molecular weight excluding hydrogens is 404 g/mol. The van der Waals surface area contributed by atoms with Crippen molar-refractivity contribution in [2.24, 2.45) is 0 Å². The van der Waals surface area contributed by atoms with E-state index < -0.39 is 10.9 Å². The zero-order chi connectivity index (χ0) is 22.0. The number of nitro benzene ring substituents is 1. The number of nitrogens with one attached hydrogen (secondary N) is 1. The van der Waals surface area contributed by atoms with Gasteiger partial charge in [0.25, 0.3) is 5.69 Å². The minimum absolute atomic E-state index is 0.0553. The van der Waals surface area contributed by atoms with Gasteiger partial charge in [-0.2, -0.15) is 0 Å². The molecule has 10 heteroatoms. The number of esters is 1. The van der Waals surface area contributed by atoms with Crippen LogP contribution >= 0.6 is 0 Å². The topological polar surface area (TPSA) is 141 Å². The number of non-ortho nitro benzene ring substituents is 1. The fraction of sp³-hybridized carbons (Fsp3) is 0.0952. The molecule has 0 saturated carbocycles. The summed E-state index contributed by atoms with van der Waals surface area (Å²) in [6.07, 6.45) is 1.27. The van der Waals surface area contributed by atoms with Gasteiger partial charge in [-0.15, -0.1) is 0 Å². The fourth-order valence-electron chi connectivity index (χ4n) is 3.08. The zero-order valence-corrected chi connectivity index (χ0v) is 16.2.